The Hall–Kier alpha value is -0.960. The zero-order valence-corrected chi connectivity index (χ0v) is 15.6. The van der Waals surface area contributed by atoms with E-state index in [0.717, 1.165) is 19.3 Å². The molecule has 1 saturated carbocycles. The monoisotopic (exact) mass is 372 g/mol. The zero-order valence-electron chi connectivity index (χ0n) is 14.0. The van der Waals surface area contributed by atoms with Crippen molar-refractivity contribution >= 4 is 20.0 Å². The molecule has 1 aliphatic heterocycles. The molecule has 1 N–H and O–H groups in total. The minimum absolute atomic E-state index is 0.00795. The van der Waals surface area contributed by atoms with Crippen LogP contribution in [0.1, 0.15) is 33.1 Å². The highest BCUT2D eigenvalue weighted by molar-refractivity contribution is 7.90. The Morgan fingerprint density at radius 2 is 1.58 bits per heavy atom. The molecule has 3 rings (SSSR count). The molecule has 0 radical (unpaired) electrons. The maximum atomic E-state index is 12.9. The quantitative estimate of drug-likeness (QED) is 0.854. The van der Waals surface area contributed by atoms with Crippen LogP contribution in [0.3, 0.4) is 0 Å². The van der Waals surface area contributed by atoms with Crippen molar-refractivity contribution in [3.05, 3.63) is 24.3 Å². The number of hydrogen-bond donors (Lipinski definition) is 1. The van der Waals surface area contributed by atoms with Gasteiger partial charge in [-0.15, -0.1) is 0 Å². The van der Waals surface area contributed by atoms with Gasteiger partial charge in [-0.2, -0.15) is 4.31 Å². The van der Waals surface area contributed by atoms with Crippen LogP contribution in [0.4, 0.5) is 0 Å². The van der Waals surface area contributed by atoms with Gasteiger partial charge in [0.1, 0.15) is 0 Å². The van der Waals surface area contributed by atoms with Crippen molar-refractivity contribution in [2.24, 2.45) is 11.8 Å². The topological polar surface area (TPSA) is 83.6 Å². The Morgan fingerprint density at radius 1 is 1.00 bits per heavy atom. The Balaban J connectivity index is 1.89. The van der Waals surface area contributed by atoms with Crippen molar-refractivity contribution < 1.29 is 16.8 Å². The second-order valence-electron chi connectivity index (χ2n) is 7.14. The predicted molar refractivity (Wildman–Crippen MR) is 91.5 cm³/mol. The lowest BCUT2D eigenvalue weighted by Gasteiger charge is -2.34. The molecule has 2 aliphatic rings. The second kappa shape index (κ2) is 6.40. The highest BCUT2D eigenvalue weighted by atomic mass is 32.2. The van der Waals surface area contributed by atoms with Gasteiger partial charge in [0.25, 0.3) is 0 Å². The lowest BCUT2D eigenvalue weighted by atomic mass is 9.94. The van der Waals surface area contributed by atoms with Crippen LogP contribution < -0.4 is 4.72 Å². The molecule has 2 fully saturated rings. The highest BCUT2D eigenvalue weighted by Crippen LogP contribution is 2.28. The molecule has 1 heterocycles. The second-order valence-corrected chi connectivity index (χ2v) is 10.8. The molecule has 6 nitrogen and oxygen atoms in total. The number of rotatable bonds is 5. The molecule has 134 valence electrons. The molecule has 1 aromatic rings. The summed E-state index contributed by atoms with van der Waals surface area (Å²) in [5.74, 6) is 0.596. The van der Waals surface area contributed by atoms with Crippen LogP contribution in [0, 0.1) is 11.8 Å². The van der Waals surface area contributed by atoms with Gasteiger partial charge in [-0.1, -0.05) is 19.9 Å². The van der Waals surface area contributed by atoms with E-state index in [1.54, 1.807) is 0 Å². The van der Waals surface area contributed by atoms with E-state index >= 15 is 0 Å². The van der Waals surface area contributed by atoms with Crippen molar-refractivity contribution in [1.29, 1.82) is 0 Å². The average Bonchev–Trinajstić information content (AvgIpc) is 3.29. The SMILES string of the molecule is CC1CC(C)CN(S(=O)(=O)c2cccc(S(=O)(=O)NC3CC3)c2)C1. The Labute approximate surface area is 144 Å². The van der Waals surface area contributed by atoms with E-state index in [9.17, 15) is 16.8 Å². The normalized spacial score (nSPS) is 26.4. The number of sulfonamides is 2. The molecule has 0 bridgehead atoms. The fourth-order valence-corrected chi connectivity index (χ4v) is 6.39. The van der Waals surface area contributed by atoms with Crippen LogP contribution in [0.2, 0.25) is 0 Å². The lowest BCUT2D eigenvalue weighted by molar-refractivity contribution is 0.222. The summed E-state index contributed by atoms with van der Waals surface area (Å²) in [7, 11) is -7.35. The molecule has 1 saturated heterocycles. The summed E-state index contributed by atoms with van der Waals surface area (Å²) in [5.41, 5.74) is 0. The molecule has 2 unspecified atom stereocenters. The van der Waals surface area contributed by atoms with Crippen molar-refractivity contribution in [2.75, 3.05) is 13.1 Å². The predicted octanol–water partition coefficient (Wildman–Crippen LogP) is 1.79. The first-order valence-electron chi connectivity index (χ1n) is 8.31. The first kappa shape index (κ1) is 17.8. The number of nitrogens with zero attached hydrogens (tertiary/aromatic N) is 1. The zero-order chi connectivity index (χ0) is 17.5. The van der Waals surface area contributed by atoms with E-state index in [-0.39, 0.29) is 15.8 Å². The van der Waals surface area contributed by atoms with Crippen molar-refractivity contribution in [1.82, 2.24) is 9.03 Å². The van der Waals surface area contributed by atoms with Gasteiger partial charge in [0.15, 0.2) is 0 Å². The fourth-order valence-electron chi connectivity index (χ4n) is 3.24. The third kappa shape index (κ3) is 3.82. The summed E-state index contributed by atoms with van der Waals surface area (Å²) in [4.78, 5) is 0.0519. The number of benzene rings is 1. The molecule has 1 aliphatic carbocycles. The summed E-state index contributed by atoms with van der Waals surface area (Å²) in [6, 6.07) is 5.65. The molecule has 2 atom stereocenters. The van der Waals surface area contributed by atoms with E-state index in [1.165, 1.54) is 28.6 Å². The van der Waals surface area contributed by atoms with Gasteiger partial charge in [0.2, 0.25) is 20.0 Å². The third-order valence-corrected chi connectivity index (χ3v) is 7.83. The third-order valence-electron chi connectivity index (χ3n) is 4.49. The van der Waals surface area contributed by atoms with Crippen LogP contribution >= 0.6 is 0 Å². The number of piperidine rings is 1. The Bertz CT molecular complexity index is 806. The molecule has 24 heavy (non-hydrogen) atoms. The largest absolute Gasteiger partial charge is 0.243 e. The van der Waals surface area contributed by atoms with Gasteiger partial charge < -0.3 is 0 Å². The molecule has 0 spiro atoms. The molecule has 0 aromatic heterocycles. The Kier molecular flexibility index (Phi) is 4.76. The minimum atomic E-state index is -3.68. The summed E-state index contributed by atoms with van der Waals surface area (Å²) in [6.45, 7) is 5.03. The maximum Gasteiger partial charge on any atom is 0.243 e. The van der Waals surface area contributed by atoms with Crippen LogP contribution in [0.15, 0.2) is 34.1 Å². The highest BCUT2D eigenvalue weighted by Gasteiger charge is 2.33. The summed E-state index contributed by atoms with van der Waals surface area (Å²) in [6.07, 6.45) is 2.67. The lowest BCUT2D eigenvalue weighted by Crippen LogP contribution is -2.42. The van der Waals surface area contributed by atoms with Gasteiger partial charge in [-0.05, 0) is 49.3 Å². The van der Waals surface area contributed by atoms with Crippen LogP contribution in [0.5, 0.6) is 0 Å². The van der Waals surface area contributed by atoms with Gasteiger partial charge >= 0.3 is 0 Å². The van der Waals surface area contributed by atoms with E-state index in [2.05, 4.69) is 4.72 Å². The van der Waals surface area contributed by atoms with E-state index < -0.39 is 20.0 Å². The van der Waals surface area contributed by atoms with Gasteiger partial charge in [0, 0.05) is 19.1 Å². The average molecular weight is 373 g/mol. The molecule has 0 amide bonds. The number of nitrogens with one attached hydrogen (secondary N) is 1. The van der Waals surface area contributed by atoms with Gasteiger partial charge in [-0.3, -0.25) is 0 Å². The van der Waals surface area contributed by atoms with Crippen LogP contribution in [0.25, 0.3) is 0 Å². The van der Waals surface area contributed by atoms with E-state index in [0.29, 0.717) is 24.9 Å². The fraction of sp³-hybridized carbons (Fsp3) is 0.625. The summed E-state index contributed by atoms with van der Waals surface area (Å²) >= 11 is 0. The van der Waals surface area contributed by atoms with Gasteiger partial charge in [0.05, 0.1) is 9.79 Å². The first-order valence-corrected chi connectivity index (χ1v) is 11.2. The van der Waals surface area contributed by atoms with Crippen molar-refractivity contribution in [3.8, 4) is 0 Å². The smallest absolute Gasteiger partial charge is 0.208 e. The molecular formula is C16H24N2O4S2. The molecular weight excluding hydrogens is 348 g/mol. The van der Waals surface area contributed by atoms with Crippen molar-refractivity contribution in [2.45, 2.75) is 48.9 Å². The maximum absolute atomic E-state index is 12.9. The minimum Gasteiger partial charge on any atom is -0.208 e. The first-order chi connectivity index (χ1) is 11.2. The standard InChI is InChI=1S/C16H24N2O4S2/c1-12-8-13(2)11-18(10-12)24(21,22)16-5-3-4-15(9-16)23(19,20)17-14-6-7-14/h3-5,9,12-14,17H,6-8,10-11H2,1-2H3. The van der Waals surface area contributed by atoms with Crippen LogP contribution in [-0.4, -0.2) is 40.3 Å². The molecule has 1 aromatic carbocycles. The number of hydrogen-bond acceptors (Lipinski definition) is 4. The van der Waals surface area contributed by atoms with E-state index in [1.807, 2.05) is 13.8 Å². The van der Waals surface area contributed by atoms with E-state index in [4.69, 9.17) is 0 Å². The molecule has 8 heteroatoms. The summed E-state index contributed by atoms with van der Waals surface area (Å²) < 4.78 is 54.5. The van der Waals surface area contributed by atoms with Gasteiger partial charge in [-0.25, -0.2) is 21.6 Å². The van der Waals surface area contributed by atoms with Crippen LogP contribution in [-0.2, 0) is 20.0 Å². The summed E-state index contributed by atoms with van der Waals surface area (Å²) in [5, 5.41) is 0. The van der Waals surface area contributed by atoms with Crippen molar-refractivity contribution in [3.63, 3.8) is 0 Å². The Morgan fingerprint density at radius 3 is 2.17 bits per heavy atom.